The Morgan fingerprint density at radius 1 is 1.05 bits per heavy atom. The number of aromatic nitrogens is 4. The molecule has 1 atom stereocenters. The van der Waals surface area contributed by atoms with Crippen molar-refractivity contribution < 1.29 is 4.74 Å². The number of nitrogen functional groups attached to an aromatic ring is 1. The van der Waals surface area contributed by atoms with Crippen LogP contribution in [0.25, 0.3) is 16.9 Å². The molecule has 1 fully saturated rings. The van der Waals surface area contributed by atoms with Crippen LogP contribution in [0.1, 0.15) is 19.8 Å². The molecule has 1 aliphatic rings. The number of fused-ring (bicyclic) bond motifs is 1. The molecule has 2 aromatic heterocycles. The van der Waals surface area contributed by atoms with Crippen LogP contribution in [0.4, 0.5) is 5.82 Å². The lowest BCUT2D eigenvalue weighted by Gasteiger charge is -2.35. The van der Waals surface area contributed by atoms with E-state index in [9.17, 15) is 4.79 Å². The van der Waals surface area contributed by atoms with Crippen molar-refractivity contribution in [1.82, 2.24) is 28.9 Å². The third-order valence-corrected chi connectivity index (χ3v) is 7.36. The number of anilines is 1. The number of ether oxygens (including phenoxy) is 1. The second-order valence-electron chi connectivity index (χ2n) is 10.5. The first-order valence-electron chi connectivity index (χ1n) is 13.5. The van der Waals surface area contributed by atoms with Crippen LogP contribution in [-0.2, 0) is 6.54 Å². The first-order valence-corrected chi connectivity index (χ1v) is 13.5. The summed E-state index contributed by atoms with van der Waals surface area (Å²) >= 11 is 0. The molecule has 0 saturated carbocycles. The van der Waals surface area contributed by atoms with E-state index >= 15 is 0 Å². The SMILES string of the molecule is CC(C=CCN(C)C)N1CCC(Cn2c(=O)n(-c3ccc(Oc4ccccc4)cc3)c3c(N)ncnc32)CC1. The number of hydrogen-bond acceptors (Lipinski definition) is 7. The summed E-state index contributed by atoms with van der Waals surface area (Å²) in [6.45, 7) is 5.81. The minimum absolute atomic E-state index is 0.156. The Morgan fingerprint density at radius 3 is 2.44 bits per heavy atom. The normalized spacial score (nSPS) is 15.9. The van der Waals surface area contributed by atoms with E-state index in [1.807, 2.05) is 54.6 Å². The molecular weight excluding hydrogens is 490 g/mol. The monoisotopic (exact) mass is 527 g/mol. The molecule has 0 amide bonds. The number of benzene rings is 2. The molecule has 39 heavy (non-hydrogen) atoms. The van der Waals surface area contributed by atoms with Crippen LogP contribution in [0.2, 0.25) is 0 Å². The zero-order chi connectivity index (χ0) is 27.4. The summed E-state index contributed by atoms with van der Waals surface area (Å²) in [6, 6.07) is 17.4. The van der Waals surface area contributed by atoms with Crippen molar-refractivity contribution >= 4 is 17.0 Å². The summed E-state index contributed by atoms with van der Waals surface area (Å²) in [5.74, 6) is 2.10. The number of piperidine rings is 1. The average molecular weight is 528 g/mol. The topological polar surface area (TPSA) is 94.4 Å². The Labute approximate surface area is 229 Å². The standard InChI is InChI=1S/C30H37N7O2/c1-22(8-7-17-34(2)3)35-18-15-23(16-19-35)20-36-29-27(28(31)32-21-33-29)37(30(36)38)24-11-13-26(14-12-24)39-25-9-5-4-6-10-25/h4-14,21-23H,15-20H2,1-3H3,(H2,31,32,33). The van der Waals surface area contributed by atoms with E-state index in [0.717, 1.165) is 38.2 Å². The summed E-state index contributed by atoms with van der Waals surface area (Å²) < 4.78 is 9.30. The van der Waals surface area contributed by atoms with Crippen LogP contribution >= 0.6 is 0 Å². The molecule has 0 spiro atoms. The number of rotatable bonds is 9. The molecule has 0 aliphatic carbocycles. The van der Waals surface area contributed by atoms with Crippen LogP contribution in [0, 0.1) is 5.92 Å². The van der Waals surface area contributed by atoms with Gasteiger partial charge in [-0.3, -0.25) is 14.0 Å². The lowest BCUT2D eigenvalue weighted by Crippen LogP contribution is -2.40. The number of nitrogens with two attached hydrogens (primary N) is 1. The molecule has 1 aliphatic heterocycles. The predicted octanol–water partition coefficient (Wildman–Crippen LogP) is 4.18. The van der Waals surface area contributed by atoms with Gasteiger partial charge in [-0.15, -0.1) is 0 Å². The maximum Gasteiger partial charge on any atom is 0.335 e. The molecule has 204 valence electrons. The number of likely N-dealkylation sites (tertiary alicyclic amines) is 1. The summed E-state index contributed by atoms with van der Waals surface area (Å²) in [4.78, 5) is 27.1. The smallest absolute Gasteiger partial charge is 0.335 e. The average Bonchev–Trinajstić information content (AvgIpc) is 3.22. The van der Waals surface area contributed by atoms with Gasteiger partial charge in [-0.05, 0) is 89.3 Å². The first kappa shape index (κ1) is 26.6. The Bertz CT molecular complexity index is 1470. The molecule has 4 aromatic rings. The Hall–Kier alpha value is -3.95. The van der Waals surface area contributed by atoms with Crippen LogP contribution in [0.15, 0.2) is 77.9 Å². The van der Waals surface area contributed by atoms with Crippen LogP contribution < -0.4 is 16.2 Å². The van der Waals surface area contributed by atoms with Gasteiger partial charge in [0.1, 0.15) is 23.3 Å². The van der Waals surface area contributed by atoms with Gasteiger partial charge in [0.2, 0.25) is 0 Å². The van der Waals surface area contributed by atoms with Crippen LogP contribution in [-0.4, -0.2) is 68.7 Å². The molecule has 1 saturated heterocycles. The fraction of sp³-hybridized carbons (Fsp3) is 0.367. The number of hydrogen-bond donors (Lipinski definition) is 1. The van der Waals surface area contributed by atoms with Crippen LogP contribution in [0.3, 0.4) is 0 Å². The molecule has 2 N–H and O–H groups in total. The lowest BCUT2D eigenvalue weighted by molar-refractivity contribution is 0.153. The number of likely N-dealkylation sites (N-methyl/N-ethyl adjacent to an activating group) is 1. The lowest BCUT2D eigenvalue weighted by atomic mass is 9.95. The van der Waals surface area contributed by atoms with E-state index < -0.39 is 0 Å². The van der Waals surface area contributed by atoms with Gasteiger partial charge in [0.15, 0.2) is 11.5 Å². The number of nitrogens with zero attached hydrogens (tertiary/aromatic N) is 6. The minimum atomic E-state index is -0.156. The Kier molecular flexibility index (Phi) is 8.09. The molecule has 9 heteroatoms. The van der Waals surface area contributed by atoms with E-state index in [1.165, 1.54) is 6.33 Å². The van der Waals surface area contributed by atoms with Crippen molar-refractivity contribution in [2.45, 2.75) is 32.4 Å². The Balaban J connectivity index is 1.34. The zero-order valence-electron chi connectivity index (χ0n) is 22.9. The van der Waals surface area contributed by atoms with Gasteiger partial charge in [0, 0.05) is 19.1 Å². The highest BCUT2D eigenvalue weighted by Gasteiger charge is 2.25. The van der Waals surface area contributed by atoms with Gasteiger partial charge in [0.05, 0.1) is 5.69 Å². The van der Waals surface area contributed by atoms with E-state index in [0.29, 0.717) is 41.1 Å². The van der Waals surface area contributed by atoms with Gasteiger partial charge < -0.3 is 15.4 Å². The van der Waals surface area contributed by atoms with Gasteiger partial charge in [-0.25, -0.2) is 14.8 Å². The van der Waals surface area contributed by atoms with Crippen LogP contribution in [0.5, 0.6) is 11.5 Å². The molecule has 1 unspecified atom stereocenters. The maximum absolute atomic E-state index is 13.8. The van der Waals surface area contributed by atoms with E-state index in [-0.39, 0.29) is 11.5 Å². The maximum atomic E-state index is 13.8. The summed E-state index contributed by atoms with van der Waals surface area (Å²) in [5, 5.41) is 0. The fourth-order valence-corrected chi connectivity index (χ4v) is 5.18. The quantitative estimate of drug-likeness (QED) is 0.327. The fourth-order valence-electron chi connectivity index (χ4n) is 5.18. The molecule has 0 bridgehead atoms. The van der Waals surface area contributed by atoms with E-state index in [1.54, 1.807) is 9.13 Å². The van der Waals surface area contributed by atoms with Crippen molar-refractivity contribution in [3.05, 3.63) is 83.6 Å². The van der Waals surface area contributed by atoms with Crippen molar-refractivity contribution in [1.29, 1.82) is 0 Å². The van der Waals surface area contributed by atoms with Gasteiger partial charge in [-0.2, -0.15) is 0 Å². The minimum Gasteiger partial charge on any atom is -0.457 e. The van der Waals surface area contributed by atoms with Crippen molar-refractivity contribution in [2.75, 3.05) is 39.5 Å². The van der Waals surface area contributed by atoms with Crippen molar-refractivity contribution in [3.63, 3.8) is 0 Å². The van der Waals surface area contributed by atoms with E-state index in [2.05, 4.69) is 52.9 Å². The van der Waals surface area contributed by atoms with Crippen molar-refractivity contribution in [3.8, 4) is 17.2 Å². The molecule has 2 aromatic carbocycles. The predicted molar refractivity (Wildman–Crippen MR) is 156 cm³/mol. The summed E-state index contributed by atoms with van der Waals surface area (Å²) in [6.07, 6.45) is 8.00. The number of para-hydroxylation sites is 1. The molecule has 5 rings (SSSR count). The second kappa shape index (κ2) is 11.8. The van der Waals surface area contributed by atoms with Gasteiger partial charge in [0.25, 0.3) is 0 Å². The summed E-state index contributed by atoms with van der Waals surface area (Å²) in [7, 11) is 4.15. The third-order valence-electron chi connectivity index (χ3n) is 7.36. The van der Waals surface area contributed by atoms with E-state index in [4.69, 9.17) is 10.5 Å². The highest BCUT2D eigenvalue weighted by molar-refractivity contribution is 5.84. The highest BCUT2D eigenvalue weighted by atomic mass is 16.5. The summed E-state index contributed by atoms with van der Waals surface area (Å²) in [5.41, 5.74) is 7.93. The highest BCUT2D eigenvalue weighted by Crippen LogP contribution is 2.27. The van der Waals surface area contributed by atoms with Gasteiger partial charge in [-0.1, -0.05) is 30.4 Å². The molecule has 9 nitrogen and oxygen atoms in total. The number of imidazole rings is 1. The molecule has 3 heterocycles. The third kappa shape index (κ3) is 6.05. The molecular formula is C30H37N7O2. The van der Waals surface area contributed by atoms with Crippen molar-refractivity contribution in [2.24, 2.45) is 5.92 Å². The zero-order valence-corrected chi connectivity index (χ0v) is 22.9. The molecule has 0 radical (unpaired) electrons. The van der Waals surface area contributed by atoms with Gasteiger partial charge >= 0.3 is 5.69 Å². The first-order chi connectivity index (χ1) is 18.9. The Morgan fingerprint density at radius 2 is 1.74 bits per heavy atom. The second-order valence-corrected chi connectivity index (χ2v) is 10.5. The largest absolute Gasteiger partial charge is 0.457 e.